The predicted octanol–water partition coefficient (Wildman–Crippen LogP) is 2.83. The highest BCUT2D eigenvalue weighted by atomic mass is 15.5. The number of hydrogen-bond acceptors (Lipinski definition) is 6. The van der Waals surface area contributed by atoms with E-state index in [0.717, 1.165) is 34.5 Å². The van der Waals surface area contributed by atoms with Crippen molar-refractivity contribution >= 4 is 0 Å². The maximum Gasteiger partial charge on any atom is 0.180 e. The third kappa shape index (κ3) is 4.22. The topological polar surface area (TPSA) is 111 Å². The molecule has 0 spiro atoms. The molecule has 3 N–H and O–H groups in total. The summed E-state index contributed by atoms with van der Waals surface area (Å²) in [4.78, 5) is 4.57. The van der Waals surface area contributed by atoms with Crippen molar-refractivity contribution in [1.82, 2.24) is 35.4 Å². The van der Waals surface area contributed by atoms with Gasteiger partial charge in [0.15, 0.2) is 11.6 Å². The van der Waals surface area contributed by atoms with E-state index in [9.17, 15) is 0 Å². The van der Waals surface area contributed by atoms with Crippen LogP contribution in [0, 0.1) is 5.92 Å². The van der Waals surface area contributed by atoms with Crippen molar-refractivity contribution in [3.63, 3.8) is 0 Å². The average Bonchev–Trinajstić information content (AvgIpc) is 3.39. The number of aromatic amines is 1. The Labute approximate surface area is 169 Å². The van der Waals surface area contributed by atoms with E-state index >= 15 is 0 Å². The molecule has 29 heavy (non-hydrogen) atoms. The molecule has 0 bridgehead atoms. The maximum atomic E-state index is 5.74. The largest absolute Gasteiger partial charge is 0.324 e. The molecule has 2 aromatic carbocycles. The Morgan fingerprint density at radius 1 is 1.03 bits per heavy atom. The molecular formula is C21H24N8. The summed E-state index contributed by atoms with van der Waals surface area (Å²) in [5.41, 5.74) is 10.0. The Morgan fingerprint density at radius 2 is 1.79 bits per heavy atom. The minimum Gasteiger partial charge on any atom is -0.324 e. The van der Waals surface area contributed by atoms with Crippen LogP contribution in [0.4, 0.5) is 0 Å². The van der Waals surface area contributed by atoms with Gasteiger partial charge >= 0.3 is 0 Å². The molecule has 4 rings (SSSR count). The summed E-state index contributed by atoms with van der Waals surface area (Å²) in [5.74, 6) is 2.83. The van der Waals surface area contributed by atoms with Crippen molar-refractivity contribution in [1.29, 1.82) is 0 Å². The standard InChI is InChI=1S/C21H24N8/c1-14(2)11-20-23-19(12-22)26-29(20)13-15-7-9-16(10-8-15)17-5-3-4-6-18(17)21-24-27-28-25-21/h3-10,14H,11-13,22H2,1-2H3,(H,24,25,27,28). The van der Waals surface area contributed by atoms with Crippen LogP contribution in [0.5, 0.6) is 0 Å². The lowest BCUT2D eigenvalue weighted by molar-refractivity contribution is 0.562. The molecule has 0 saturated heterocycles. The van der Waals surface area contributed by atoms with Gasteiger partial charge in [0.05, 0.1) is 13.1 Å². The second-order valence-corrected chi connectivity index (χ2v) is 7.40. The number of H-pyrrole nitrogens is 1. The smallest absolute Gasteiger partial charge is 0.180 e. The molecule has 2 aromatic heterocycles. The highest BCUT2D eigenvalue weighted by Gasteiger charge is 2.13. The molecule has 0 fully saturated rings. The number of hydrogen-bond donors (Lipinski definition) is 2. The highest BCUT2D eigenvalue weighted by molar-refractivity contribution is 5.80. The van der Waals surface area contributed by atoms with Gasteiger partial charge in [0, 0.05) is 12.0 Å². The first-order valence-electron chi connectivity index (χ1n) is 9.69. The molecule has 148 valence electrons. The van der Waals surface area contributed by atoms with Crippen LogP contribution in [-0.4, -0.2) is 35.4 Å². The van der Waals surface area contributed by atoms with E-state index < -0.39 is 0 Å². The zero-order valence-electron chi connectivity index (χ0n) is 16.6. The Morgan fingerprint density at radius 3 is 2.45 bits per heavy atom. The summed E-state index contributed by atoms with van der Waals surface area (Å²) in [6.45, 7) is 5.38. The van der Waals surface area contributed by atoms with Gasteiger partial charge in [-0.25, -0.2) is 14.8 Å². The lowest BCUT2D eigenvalue weighted by Crippen LogP contribution is -2.09. The molecule has 0 atom stereocenters. The molecule has 8 nitrogen and oxygen atoms in total. The normalized spacial score (nSPS) is 11.3. The van der Waals surface area contributed by atoms with Crippen LogP contribution in [0.2, 0.25) is 0 Å². The molecule has 0 saturated carbocycles. The highest BCUT2D eigenvalue weighted by Crippen LogP contribution is 2.29. The molecule has 0 unspecified atom stereocenters. The summed E-state index contributed by atoms with van der Waals surface area (Å²) >= 11 is 0. The maximum absolute atomic E-state index is 5.74. The number of benzene rings is 2. The van der Waals surface area contributed by atoms with E-state index in [-0.39, 0.29) is 0 Å². The molecule has 8 heteroatoms. The summed E-state index contributed by atoms with van der Waals surface area (Å²) in [7, 11) is 0. The number of nitrogens with two attached hydrogens (primary N) is 1. The van der Waals surface area contributed by atoms with Crippen molar-refractivity contribution in [2.24, 2.45) is 11.7 Å². The van der Waals surface area contributed by atoms with Crippen LogP contribution >= 0.6 is 0 Å². The molecular weight excluding hydrogens is 364 g/mol. The number of nitrogens with zero attached hydrogens (tertiary/aromatic N) is 6. The third-order valence-electron chi connectivity index (χ3n) is 4.69. The Hall–Kier alpha value is -3.39. The summed E-state index contributed by atoms with van der Waals surface area (Å²) in [6, 6.07) is 16.5. The van der Waals surface area contributed by atoms with E-state index in [1.807, 2.05) is 22.9 Å². The SMILES string of the molecule is CC(C)Cc1nc(CN)nn1Cc1ccc(-c2ccccc2-c2nnn[nH]2)cc1. The van der Waals surface area contributed by atoms with Crippen LogP contribution in [0.25, 0.3) is 22.5 Å². The minimum atomic E-state index is 0.351. The van der Waals surface area contributed by atoms with Crippen molar-refractivity contribution in [2.45, 2.75) is 33.4 Å². The van der Waals surface area contributed by atoms with Gasteiger partial charge < -0.3 is 5.73 Å². The van der Waals surface area contributed by atoms with Crippen molar-refractivity contribution < 1.29 is 0 Å². The lowest BCUT2D eigenvalue weighted by atomic mass is 9.98. The fraction of sp³-hybridized carbons (Fsp3) is 0.286. The Bertz CT molecular complexity index is 1060. The van der Waals surface area contributed by atoms with Crippen LogP contribution in [0.15, 0.2) is 48.5 Å². The van der Waals surface area contributed by atoms with E-state index in [1.165, 1.54) is 0 Å². The van der Waals surface area contributed by atoms with Crippen LogP contribution in [-0.2, 0) is 19.5 Å². The second kappa shape index (κ2) is 8.32. The molecule has 0 aliphatic heterocycles. The van der Waals surface area contributed by atoms with Crippen LogP contribution < -0.4 is 5.73 Å². The zero-order chi connectivity index (χ0) is 20.2. The zero-order valence-corrected chi connectivity index (χ0v) is 16.6. The van der Waals surface area contributed by atoms with E-state index in [4.69, 9.17) is 5.73 Å². The molecule has 2 heterocycles. The monoisotopic (exact) mass is 388 g/mol. The van der Waals surface area contributed by atoms with Crippen LogP contribution in [0.3, 0.4) is 0 Å². The summed E-state index contributed by atoms with van der Waals surface area (Å²) < 4.78 is 1.96. The van der Waals surface area contributed by atoms with E-state index in [2.05, 4.69) is 74.9 Å². The fourth-order valence-electron chi connectivity index (χ4n) is 3.33. The second-order valence-electron chi connectivity index (χ2n) is 7.40. The van der Waals surface area contributed by atoms with Gasteiger partial charge in [0.2, 0.25) is 0 Å². The molecule has 4 aromatic rings. The van der Waals surface area contributed by atoms with Gasteiger partial charge in [-0.15, -0.1) is 5.10 Å². The molecule has 0 amide bonds. The fourth-order valence-corrected chi connectivity index (χ4v) is 3.33. The Kier molecular flexibility index (Phi) is 5.44. The minimum absolute atomic E-state index is 0.351. The number of tetrazole rings is 1. The third-order valence-corrected chi connectivity index (χ3v) is 4.69. The van der Waals surface area contributed by atoms with Gasteiger partial charge in [-0.2, -0.15) is 5.10 Å². The van der Waals surface area contributed by atoms with Crippen molar-refractivity contribution in [3.05, 3.63) is 65.7 Å². The van der Waals surface area contributed by atoms with Gasteiger partial charge in [0.1, 0.15) is 5.82 Å². The number of nitrogens with one attached hydrogen (secondary N) is 1. The van der Waals surface area contributed by atoms with Gasteiger partial charge in [-0.3, -0.25) is 0 Å². The predicted molar refractivity (Wildman–Crippen MR) is 111 cm³/mol. The van der Waals surface area contributed by atoms with E-state index in [1.54, 1.807) is 0 Å². The molecule has 0 aliphatic carbocycles. The van der Waals surface area contributed by atoms with Gasteiger partial charge in [-0.05, 0) is 33.0 Å². The van der Waals surface area contributed by atoms with Crippen molar-refractivity contribution in [2.75, 3.05) is 0 Å². The first-order valence-corrected chi connectivity index (χ1v) is 9.69. The van der Waals surface area contributed by atoms with Crippen molar-refractivity contribution in [3.8, 4) is 22.5 Å². The van der Waals surface area contributed by atoms with Gasteiger partial charge in [0.25, 0.3) is 0 Å². The van der Waals surface area contributed by atoms with E-state index in [0.29, 0.717) is 30.7 Å². The molecule has 0 aliphatic rings. The average molecular weight is 388 g/mol. The summed E-state index contributed by atoms with van der Waals surface area (Å²) in [5, 5.41) is 18.8. The lowest BCUT2D eigenvalue weighted by Gasteiger charge is -2.10. The first kappa shape index (κ1) is 18.9. The summed E-state index contributed by atoms with van der Waals surface area (Å²) in [6.07, 6.45) is 0.879. The Balaban J connectivity index is 1.60. The van der Waals surface area contributed by atoms with Gasteiger partial charge in [-0.1, -0.05) is 62.4 Å². The number of aromatic nitrogens is 7. The first-order chi connectivity index (χ1) is 14.1. The quantitative estimate of drug-likeness (QED) is 0.503. The number of rotatable bonds is 7. The molecule has 0 radical (unpaired) electrons. The van der Waals surface area contributed by atoms with Crippen LogP contribution in [0.1, 0.15) is 31.1 Å².